The Morgan fingerprint density at radius 1 is 1.30 bits per heavy atom. The molecule has 2 fully saturated rings. The molecule has 2 atom stereocenters. The van der Waals surface area contributed by atoms with Crippen LogP contribution in [0.25, 0.3) is 0 Å². The number of carboxylic acid groups (broad SMARTS) is 1. The largest absolute Gasteiger partial charge is 0.480 e. The van der Waals surface area contributed by atoms with Gasteiger partial charge in [-0.15, -0.1) is 0 Å². The van der Waals surface area contributed by atoms with Crippen LogP contribution in [0.3, 0.4) is 0 Å². The maximum Gasteiger partial charge on any atom is 0.326 e. The average Bonchev–Trinajstić information content (AvgIpc) is 3.26. The lowest BCUT2D eigenvalue weighted by atomic mass is 9.93. The van der Waals surface area contributed by atoms with Crippen molar-refractivity contribution < 1.29 is 24.0 Å². The van der Waals surface area contributed by atoms with Crippen LogP contribution < -0.4 is 5.73 Å². The van der Waals surface area contributed by atoms with E-state index in [2.05, 4.69) is 5.16 Å². The van der Waals surface area contributed by atoms with Gasteiger partial charge in [0, 0.05) is 24.6 Å². The second-order valence-electron chi connectivity index (χ2n) is 8.14. The van der Waals surface area contributed by atoms with Crippen molar-refractivity contribution in [3.05, 3.63) is 11.8 Å². The van der Waals surface area contributed by atoms with E-state index in [0.29, 0.717) is 25.2 Å². The van der Waals surface area contributed by atoms with Crippen LogP contribution in [-0.4, -0.2) is 52.3 Å². The molecule has 8 nitrogen and oxygen atoms in total. The number of hydrogen-bond acceptors (Lipinski definition) is 6. The summed E-state index contributed by atoms with van der Waals surface area (Å²) in [5.74, 6) is 0.323. The number of aromatic nitrogens is 1. The third-order valence-electron chi connectivity index (χ3n) is 4.80. The molecule has 152 valence electrons. The van der Waals surface area contributed by atoms with Crippen LogP contribution in [-0.2, 0) is 19.7 Å². The van der Waals surface area contributed by atoms with Gasteiger partial charge in [-0.05, 0) is 32.1 Å². The number of ether oxygens (including phenoxy) is 1. The molecule has 2 saturated heterocycles. The van der Waals surface area contributed by atoms with Crippen LogP contribution in [0.15, 0.2) is 10.6 Å². The molecule has 0 aliphatic carbocycles. The average molecular weight is 381 g/mol. The first-order chi connectivity index (χ1) is 12.7. The zero-order valence-corrected chi connectivity index (χ0v) is 16.4. The standard InChI is InChI=1S/C12H19NO4.C7H12N2O/c14-11(8-9-4-3-7-17-9)13-6-2-1-5-10(13)12(15)16;1-7(2,3)5-4-6(8)9-10-5/h9-10H,1-8H2,(H,15,16);4H,1-3H3,(H2,8,9)/t9-,10+;/m1./s1. The number of likely N-dealkylation sites (tertiary alicyclic amines) is 1. The van der Waals surface area contributed by atoms with Gasteiger partial charge in [-0.3, -0.25) is 4.79 Å². The number of carbonyl (C=O) groups is 2. The third-order valence-corrected chi connectivity index (χ3v) is 4.80. The Labute approximate surface area is 160 Å². The summed E-state index contributed by atoms with van der Waals surface area (Å²) in [7, 11) is 0. The molecule has 3 heterocycles. The number of aliphatic carboxylic acids is 1. The van der Waals surface area contributed by atoms with Gasteiger partial charge in [-0.25, -0.2) is 4.79 Å². The quantitative estimate of drug-likeness (QED) is 0.826. The summed E-state index contributed by atoms with van der Waals surface area (Å²) in [6.07, 6.45) is 4.62. The van der Waals surface area contributed by atoms with E-state index in [1.54, 1.807) is 6.07 Å². The highest BCUT2D eigenvalue weighted by molar-refractivity contribution is 5.84. The van der Waals surface area contributed by atoms with Crippen LogP contribution in [0, 0.1) is 0 Å². The van der Waals surface area contributed by atoms with E-state index in [0.717, 1.165) is 38.1 Å². The third kappa shape index (κ3) is 6.23. The van der Waals surface area contributed by atoms with Crippen molar-refractivity contribution >= 4 is 17.7 Å². The number of nitrogens with zero attached hydrogens (tertiary/aromatic N) is 2. The fourth-order valence-corrected chi connectivity index (χ4v) is 3.25. The Kier molecular flexibility index (Phi) is 7.24. The molecule has 0 aromatic carbocycles. The minimum atomic E-state index is -0.884. The topological polar surface area (TPSA) is 119 Å². The SMILES string of the molecule is CC(C)(C)c1cc(N)no1.O=C(O)[C@@H]1CCCCN1C(=O)C[C@H]1CCCO1. The number of amides is 1. The van der Waals surface area contributed by atoms with Gasteiger partial charge in [0.1, 0.15) is 11.8 Å². The summed E-state index contributed by atoms with van der Waals surface area (Å²) in [4.78, 5) is 24.7. The highest BCUT2D eigenvalue weighted by atomic mass is 16.5. The number of nitrogen functional groups attached to an aromatic ring is 1. The number of rotatable bonds is 3. The number of carbonyl (C=O) groups excluding carboxylic acids is 1. The molecule has 1 aromatic rings. The molecule has 2 aliphatic rings. The molecule has 0 unspecified atom stereocenters. The van der Waals surface area contributed by atoms with E-state index in [1.165, 1.54) is 4.90 Å². The number of carboxylic acids is 1. The predicted octanol–water partition coefficient (Wildman–Crippen LogP) is 2.58. The molecule has 2 aliphatic heterocycles. The zero-order chi connectivity index (χ0) is 20.0. The molecule has 1 amide bonds. The van der Waals surface area contributed by atoms with Crippen molar-refractivity contribution in [2.75, 3.05) is 18.9 Å². The Hall–Kier alpha value is -2.09. The van der Waals surface area contributed by atoms with Crippen LogP contribution >= 0.6 is 0 Å². The second kappa shape index (κ2) is 9.21. The summed E-state index contributed by atoms with van der Waals surface area (Å²) in [6, 6.07) is 1.12. The Balaban J connectivity index is 0.000000223. The van der Waals surface area contributed by atoms with Gasteiger partial charge in [0.15, 0.2) is 5.82 Å². The minimum absolute atomic E-state index is 0.00104. The lowest BCUT2D eigenvalue weighted by Crippen LogP contribution is -2.48. The molecule has 1 aromatic heterocycles. The van der Waals surface area contributed by atoms with Crippen molar-refractivity contribution in [1.29, 1.82) is 0 Å². The van der Waals surface area contributed by atoms with Crippen LogP contribution in [0.1, 0.15) is 65.1 Å². The summed E-state index contributed by atoms with van der Waals surface area (Å²) in [5.41, 5.74) is 5.38. The van der Waals surface area contributed by atoms with E-state index in [-0.39, 0.29) is 17.4 Å². The minimum Gasteiger partial charge on any atom is -0.480 e. The lowest BCUT2D eigenvalue weighted by Gasteiger charge is -2.33. The summed E-state index contributed by atoms with van der Waals surface area (Å²) in [5, 5.41) is 12.7. The number of hydrogen-bond donors (Lipinski definition) is 2. The highest BCUT2D eigenvalue weighted by Gasteiger charge is 2.33. The molecule has 3 N–H and O–H groups in total. The van der Waals surface area contributed by atoms with Gasteiger partial charge in [0.2, 0.25) is 5.91 Å². The molecule has 0 bridgehead atoms. The first kappa shape index (κ1) is 21.2. The molecule has 27 heavy (non-hydrogen) atoms. The zero-order valence-electron chi connectivity index (χ0n) is 16.4. The van der Waals surface area contributed by atoms with Crippen molar-refractivity contribution in [2.24, 2.45) is 0 Å². The van der Waals surface area contributed by atoms with E-state index >= 15 is 0 Å². The first-order valence-corrected chi connectivity index (χ1v) is 9.55. The van der Waals surface area contributed by atoms with Crippen molar-refractivity contribution in [3.8, 4) is 0 Å². The fourth-order valence-electron chi connectivity index (χ4n) is 3.25. The van der Waals surface area contributed by atoms with E-state index in [9.17, 15) is 9.59 Å². The van der Waals surface area contributed by atoms with Gasteiger partial charge in [0.25, 0.3) is 0 Å². The van der Waals surface area contributed by atoms with Crippen LogP contribution in [0.4, 0.5) is 5.82 Å². The van der Waals surface area contributed by atoms with Gasteiger partial charge in [-0.2, -0.15) is 0 Å². The summed E-state index contributed by atoms with van der Waals surface area (Å²) in [6.45, 7) is 7.44. The number of anilines is 1. The van der Waals surface area contributed by atoms with Crippen LogP contribution in [0.5, 0.6) is 0 Å². The first-order valence-electron chi connectivity index (χ1n) is 9.55. The number of nitrogens with two attached hydrogens (primary N) is 1. The molecular formula is C19H31N3O5. The van der Waals surface area contributed by atoms with Crippen molar-refractivity contribution in [2.45, 2.75) is 76.9 Å². The second-order valence-corrected chi connectivity index (χ2v) is 8.14. The van der Waals surface area contributed by atoms with E-state index < -0.39 is 12.0 Å². The summed E-state index contributed by atoms with van der Waals surface area (Å²) < 4.78 is 10.4. The predicted molar refractivity (Wildman–Crippen MR) is 100 cm³/mol. The smallest absolute Gasteiger partial charge is 0.326 e. The van der Waals surface area contributed by atoms with Gasteiger partial charge in [-0.1, -0.05) is 25.9 Å². The maximum absolute atomic E-state index is 12.1. The van der Waals surface area contributed by atoms with Crippen molar-refractivity contribution in [3.63, 3.8) is 0 Å². The fraction of sp³-hybridized carbons (Fsp3) is 0.737. The molecular weight excluding hydrogens is 350 g/mol. The highest BCUT2D eigenvalue weighted by Crippen LogP contribution is 2.23. The normalized spacial score (nSPS) is 22.9. The maximum atomic E-state index is 12.1. The van der Waals surface area contributed by atoms with Crippen molar-refractivity contribution in [1.82, 2.24) is 10.1 Å². The molecule has 0 spiro atoms. The van der Waals surface area contributed by atoms with E-state index in [4.69, 9.17) is 20.1 Å². The van der Waals surface area contributed by atoms with Crippen LogP contribution in [0.2, 0.25) is 0 Å². The van der Waals surface area contributed by atoms with Gasteiger partial charge in [0.05, 0.1) is 12.5 Å². The van der Waals surface area contributed by atoms with E-state index in [1.807, 2.05) is 20.8 Å². The van der Waals surface area contributed by atoms with Gasteiger partial charge >= 0.3 is 5.97 Å². The Bertz CT molecular complexity index is 632. The molecule has 0 saturated carbocycles. The monoisotopic (exact) mass is 381 g/mol. The summed E-state index contributed by atoms with van der Waals surface area (Å²) >= 11 is 0. The molecule has 0 radical (unpaired) electrons. The molecule has 8 heteroatoms. The lowest BCUT2D eigenvalue weighted by molar-refractivity contribution is -0.153. The molecule has 3 rings (SSSR count). The Morgan fingerprint density at radius 2 is 2.04 bits per heavy atom. The van der Waals surface area contributed by atoms with Gasteiger partial charge < -0.3 is 25.0 Å². The number of piperidine rings is 1. The Morgan fingerprint density at radius 3 is 2.52 bits per heavy atom.